The third-order valence-corrected chi connectivity index (χ3v) is 4.29. The van der Waals surface area contributed by atoms with E-state index in [4.69, 9.17) is 0 Å². The van der Waals surface area contributed by atoms with Crippen molar-refractivity contribution in [1.82, 2.24) is 0 Å². The van der Waals surface area contributed by atoms with Gasteiger partial charge in [-0.3, -0.25) is 0 Å². The van der Waals surface area contributed by atoms with Crippen LogP contribution >= 0.6 is 0 Å². The second kappa shape index (κ2) is 7.10. The third kappa shape index (κ3) is 4.25. The molecule has 0 aliphatic heterocycles. The highest BCUT2D eigenvalue weighted by molar-refractivity contribution is 5.04. The molecule has 0 spiro atoms. The highest BCUT2D eigenvalue weighted by atomic mass is 16.3. The monoisotopic (exact) mass is 250 g/mol. The zero-order valence-corrected chi connectivity index (χ0v) is 11.2. The number of aliphatic hydroxyl groups excluding tert-OH is 2. The molecule has 0 saturated carbocycles. The molecule has 4 atom stereocenters. The fraction of sp³-hybridized carbons (Fsp3) is 0.750. The van der Waals surface area contributed by atoms with Crippen LogP contribution in [0.2, 0.25) is 0 Å². The minimum atomic E-state index is -0.254. The minimum Gasteiger partial charge on any atom is -0.389 e. The van der Waals surface area contributed by atoms with E-state index in [9.17, 15) is 10.2 Å². The highest BCUT2D eigenvalue weighted by Crippen LogP contribution is 2.30. The Hall–Kier alpha value is -0.600. The number of allylic oxidation sites excluding steroid dienone is 2. The Kier molecular flexibility index (Phi) is 5.45. The molecule has 2 N–H and O–H groups in total. The molecular formula is C16H26O2. The van der Waals surface area contributed by atoms with Crippen molar-refractivity contribution >= 4 is 0 Å². The minimum absolute atomic E-state index is 0.254. The standard InChI is InChI=1S/C16H26O2/c17-15-7-3-1-5-13(9-11-15)14-6-2-4-8-16(18)12-10-14/h9-18H,1-8H2/b11-9-,12-10-/t13-,14-,15+,16+/m1/s1. The number of rotatable bonds is 1. The SMILES string of the molecule is O[C@@H]1/C=C\[C@H]([C@H]2/C=C\[C@@H](O)CCCC2)CCCC1. The second-order valence-electron chi connectivity index (χ2n) is 5.80. The van der Waals surface area contributed by atoms with E-state index in [2.05, 4.69) is 12.2 Å². The van der Waals surface area contributed by atoms with Gasteiger partial charge in [0.25, 0.3) is 0 Å². The molecule has 2 aliphatic rings. The van der Waals surface area contributed by atoms with Crippen LogP contribution in [0.5, 0.6) is 0 Å². The van der Waals surface area contributed by atoms with Gasteiger partial charge in [0.2, 0.25) is 0 Å². The molecule has 0 radical (unpaired) electrons. The molecular weight excluding hydrogens is 224 g/mol. The summed E-state index contributed by atoms with van der Waals surface area (Å²) in [4.78, 5) is 0. The van der Waals surface area contributed by atoms with E-state index < -0.39 is 0 Å². The van der Waals surface area contributed by atoms with E-state index in [1.165, 1.54) is 25.7 Å². The first-order valence-electron chi connectivity index (χ1n) is 7.48. The van der Waals surface area contributed by atoms with Crippen molar-refractivity contribution < 1.29 is 10.2 Å². The largest absolute Gasteiger partial charge is 0.389 e. The summed E-state index contributed by atoms with van der Waals surface area (Å²) in [5, 5.41) is 19.5. The van der Waals surface area contributed by atoms with Crippen LogP contribution in [0.15, 0.2) is 24.3 Å². The molecule has 18 heavy (non-hydrogen) atoms. The maximum Gasteiger partial charge on any atom is 0.0721 e. The maximum absolute atomic E-state index is 9.73. The van der Waals surface area contributed by atoms with Crippen molar-refractivity contribution in [1.29, 1.82) is 0 Å². The molecule has 2 nitrogen and oxygen atoms in total. The van der Waals surface area contributed by atoms with E-state index in [0.717, 1.165) is 25.7 Å². The van der Waals surface area contributed by atoms with Crippen LogP contribution in [0.1, 0.15) is 51.4 Å². The average Bonchev–Trinajstić information content (AvgIpc) is 2.31. The lowest BCUT2D eigenvalue weighted by Gasteiger charge is -2.26. The van der Waals surface area contributed by atoms with E-state index in [1.807, 2.05) is 12.2 Å². The van der Waals surface area contributed by atoms with Crippen molar-refractivity contribution in [2.75, 3.05) is 0 Å². The van der Waals surface area contributed by atoms with Gasteiger partial charge in [-0.25, -0.2) is 0 Å². The molecule has 2 aliphatic carbocycles. The van der Waals surface area contributed by atoms with E-state index in [0.29, 0.717) is 11.8 Å². The molecule has 0 heterocycles. The summed E-state index contributed by atoms with van der Waals surface area (Å²) in [5.74, 6) is 1.09. The summed E-state index contributed by atoms with van der Waals surface area (Å²) in [5.41, 5.74) is 0. The molecule has 2 heteroatoms. The molecule has 0 aromatic heterocycles. The Bertz CT molecular complexity index is 265. The van der Waals surface area contributed by atoms with Crippen molar-refractivity contribution in [2.45, 2.75) is 63.6 Å². The Morgan fingerprint density at radius 2 is 0.944 bits per heavy atom. The normalized spacial score (nSPS) is 42.1. The number of hydrogen-bond acceptors (Lipinski definition) is 2. The molecule has 0 amide bonds. The first-order valence-corrected chi connectivity index (χ1v) is 7.48. The van der Waals surface area contributed by atoms with Crippen LogP contribution < -0.4 is 0 Å². The van der Waals surface area contributed by atoms with Crippen LogP contribution in [0.4, 0.5) is 0 Å². The molecule has 0 unspecified atom stereocenters. The Morgan fingerprint density at radius 3 is 1.39 bits per heavy atom. The van der Waals surface area contributed by atoms with Crippen LogP contribution in [-0.4, -0.2) is 22.4 Å². The summed E-state index contributed by atoms with van der Waals surface area (Å²) >= 11 is 0. The van der Waals surface area contributed by atoms with E-state index in [1.54, 1.807) is 0 Å². The average molecular weight is 250 g/mol. The lowest BCUT2D eigenvalue weighted by molar-refractivity contribution is 0.195. The van der Waals surface area contributed by atoms with Crippen LogP contribution in [0.3, 0.4) is 0 Å². The van der Waals surface area contributed by atoms with Gasteiger partial charge < -0.3 is 10.2 Å². The fourth-order valence-corrected chi connectivity index (χ4v) is 3.11. The predicted octanol–water partition coefficient (Wildman–Crippen LogP) is 3.20. The van der Waals surface area contributed by atoms with Crippen molar-refractivity contribution in [3.8, 4) is 0 Å². The van der Waals surface area contributed by atoms with E-state index in [-0.39, 0.29) is 12.2 Å². The van der Waals surface area contributed by atoms with Gasteiger partial charge in [0.1, 0.15) is 0 Å². The quantitative estimate of drug-likeness (QED) is 0.702. The summed E-state index contributed by atoms with van der Waals surface area (Å²) in [6.45, 7) is 0. The molecule has 0 aromatic carbocycles. The predicted molar refractivity (Wildman–Crippen MR) is 74.2 cm³/mol. The van der Waals surface area contributed by atoms with Gasteiger partial charge in [-0.15, -0.1) is 0 Å². The summed E-state index contributed by atoms with van der Waals surface area (Å²) in [7, 11) is 0. The lowest BCUT2D eigenvalue weighted by Crippen LogP contribution is -2.17. The fourth-order valence-electron chi connectivity index (χ4n) is 3.11. The van der Waals surface area contributed by atoms with Crippen molar-refractivity contribution in [3.63, 3.8) is 0 Å². The van der Waals surface area contributed by atoms with Gasteiger partial charge >= 0.3 is 0 Å². The van der Waals surface area contributed by atoms with Gasteiger partial charge in [-0.05, 0) is 37.5 Å². The smallest absolute Gasteiger partial charge is 0.0721 e. The summed E-state index contributed by atoms with van der Waals surface area (Å²) in [6, 6.07) is 0. The molecule has 102 valence electrons. The molecule has 0 aromatic rings. The Morgan fingerprint density at radius 1 is 0.556 bits per heavy atom. The topological polar surface area (TPSA) is 40.5 Å². The van der Waals surface area contributed by atoms with Gasteiger partial charge in [0.05, 0.1) is 12.2 Å². The van der Waals surface area contributed by atoms with Crippen LogP contribution in [0.25, 0.3) is 0 Å². The summed E-state index contributed by atoms with van der Waals surface area (Å²) < 4.78 is 0. The van der Waals surface area contributed by atoms with E-state index >= 15 is 0 Å². The zero-order chi connectivity index (χ0) is 12.8. The Balaban J connectivity index is 2.02. The molecule has 0 fully saturated rings. The van der Waals surface area contributed by atoms with Gasteiger partial charge in [0, 0.05) is 0 Å². The highest BCUT2D eigenvalue weighted by Gasteiger charge is 2.20. The molecule has 0 saturated heterocycles. The third-order valence-electron chi connectivity index (χ3n) is 4.29. The van der Waals surface area contributed by atoms with Gasteiger partial charge in [0.15, 0.2) is 0 Å². The Labute approximate surface area is 110 Å². The van der Waals surface area contributed by atoms with Gasteiger partial charge in [-0.1, -0.05) is 50.0 Å². The van der Waals surface area contributed by atoms with Crippen LogP contribution in [0, 0.1) is 11.8 Å². The number of aliphatic hydroxyl groups is 2. The number of hydrogen-bond donors (Lipinski definition) is 2. The van der Waals surface area contributed by atoms with Crippen molar-refractivity contribution in [3.05, 3.63) is 24.3 Å². The van der Waals surface area contributed by atoms with Crippen molar-refractivity contribution in [2.24, 2.45) is 11.8 Å². The molecule has 0 bridgehead atoms. The first-order chi connectivity index (χ1) is 8.75. The summed E-state index contributed by atoms with van der Waals surface area (Å²) in [6.07, 6.45) is 16.8. The molecule has 2 rings (SSSR count). The maximum atomic E-state index is 9.73. The second-order valence-corrected chi connectivity index (χ2v) is 5.80. The zero-order valence-electron chi connectivity index (χ0n) is 11.2. The van der Waals surface area contributed by atoms with Gasteiger partial charge in [-0.2, -0.15) is 0 Å². The first kappa shape index (κ1) is 13.8. The lowest BCUT2D eigenvalue weighted by atomic mass is 9.81. The van der Waals surface area contributed by atoms with Crippen LogP contribution in [-0.2, 0) is 0 Å².